The summed E-state index contributed by atoms with van der Waals surface area (Å²) in [6.45, 7) is 2.05. The lowest BCUT2D eigenvalue weighted by Gasteiger charge is -2.37. The van der Waals surface area contributed by atoms with Crippen LogP contribution in [0.5, 0.6) is 5.75 Å². The number of nitro benzene ring substituents is 1. The van der Waals surface area contributed by atoms with E-state index in [1.165, 1.54) is 11.6 Å². The lowest BCUT2D eigenvalue weighted by Crippen LogP contribution is -2.34. The summed E-state index contributed by atoms with van der Waals surface area (Å²) in [5, 5.41) is 18.4. The standard InChI is InChI=1S/C23H19N3O3/c1-15-10-12-16(13-11-15)19-14-21-17-6-3-5-9-22(17)29-23(25(21)24-19)18-7-2-4-8-20(18)26(27)28/h2-13,21,23H,14H2,1H3/t21-,23+/m0/s1. The molecule has 144 valence electrons. The monoisotopic (exact) mass is 385 g/mol. The van der Waals surface area contributed by atoms with Gasteiger partial charge in [-0.1, -0.05) is 60.2 Å². The van der Waals surface area contributed by atoms with Gasteiger partial charge in [0.05, 0.1) is 22.2 Å². The molecule has 3 aromatic rings. The summed E-state index contributed by atoms with van der Waals surface area (Å²) >= 11 is 0. The quantitative estimate of drug-likeness (QED) is 0.462. The van der Waals surface area contributed by atoms with Gasteiger partial charge < -0.3 is 4.74 Å². The van der Waals surface area contributed by atoms with Crippen molar-refractivity contribution in [3.05, 3.63) is 105 Å². The van der Waals surface area contributed by atoms with Gasteiger partial charge in [0.1, 0.15) is 5.75 Å². The van der Waals surface area contributed by atoms with Crippen molar-refractivity contribution in [1.29, 1.82) is 0 Å². The van der Waals surface area contributed by atoms with Crippen molar-refractivity contribution in [3.8, 4) is 5.75 Å². The van der Waals surface area contributed by atoms with Crippen LogP contribution in [0.2, 0.25) is 0 Å². The fourth-order valence-corrected chi connectivity index (χ4v) is 4.02. The van der Waals surface area contributed by atoms with Gasteiger partial charge in [-0.05, 0) is 24.6 Å². The SMILES string of the molecule is Cc1ccc(C2=NN3[C@@H](c4ccccc4[N+](=O)[O-])Oc4ccccc4[C@@H]3C2)cc1. The first-order valence-corrected chi connectivity index (χ1v) is 9.53. The number of hydrazone groups is 1. The number of benzene rings is 3. The van der Waals surface area contributed by atoms with Gasteiger partial charge in [-0.25, -0.2) is 5.01 Å². The van der Waals surface area contributed by atoms with Crippen LogP contribution in [-0.2, 0) is 0 Å². The van der Waals surface area contributed by atoms with Crippen molar-refractivity contribution >= 4 is 11.4 Å². The Kier molecular flexibility index (Phi) is 4.05. The first kappa shape index (κ1) is 17.4. The molecule has 0 aromatic heterocycles. The van der Waals surface area contributed by atoms with Crippen molar-refractivity contribution in [2.45, 2.75) is 25.6 Å². The van der Waals surface area contributed by atoms with E-state index in [-0.39, 0.29) is 16.7 Å². The maximum Gasteiger partial charge on any atom is 0.278 e. The zero-order chi connectivity index (χ0) is 20.0. The van der Waals surface area contributed by atoms with Crippen LogP contribution in [0, 0.1) is 17.0 Å². The van der Waals surface area contributed by atoms with Crippen LogP contribution in [0.25, 0.3) is 0 Å². The highest BCUT2D eigenvalue weighted by atomic mass is 16.6. The molecule has 0 fully saturated rings. The molecule has 29 heavy (non-hydrogen) atoms. The van der Waals surface area contributed by atoms with E-state index in [0.29, 0.717) is 5.56 Å². The summed E-state index contributed by atoms with van der Waals surface area (Å²) in [5.41, 5.74) is 4.80. The number of ether oxygens (including phenoxy) is 1. The van der Waals surface area contributed by atoms with E-state index in [0.717, 1.165) is 29.0 Å². The predicted octanol–water partition coefficient (Wildman–Crippen LogP) is 5.15. The Morgan fingerprint density at radius 1 is 1.00 bits per heavy atom. The van der Waals surface area contributed by atoms with E-state index in [4.69, 9.17) is 9.84 Å². The van der Waals surface area contributed by atoms with Crippen LogP contribution in [-0.4, -0.2) is 15.6 Å². The van der Waals surface area contributed by atoms with E-state index in [9.17, 15) is 10.1 Å². The second-order valence-corrected chi connectivity index (χ2v) is 7.34. The molecule has 0 bridgehead atoms. The smallest absolute Gasteiger partial charge is 0.278 e. The van der Waals surface area contributed by atoms with Crippen molar-refractivity contribution in [2.75, 3.05) is 0 Å². The average Bonchev–Trinajstić information content (AvgIpc) is 3.19. The minimum Gasteiger partial charge on any atom is -0.464 e. The third-order valence-corrected chi connectivity index (χ3v) is 5.48. The Bertz CT molecular complexity index is 1120. The van der Waals surface area contributed by atoms with Crippen LogP contribution in [0.4, 0.5) is 5.69 Å². The number of aryl methyl sites for hydroxylation is 1. The van der Waals surface area contributed by atoms with Gasteiger partial charge in [-0.2, -0.15) is 5.10 Å². The second-order valence-electron chi connectivity index (χ2n) is 7.34. The molecule has 0 saturated carbocycles. The molecular formula is C23H19N3O3. The number of hydrogen-bond acceptors (Lipinski definition) is 5. The molecule has 2 aliphatic heterocycles. The summed E-state index contributed by atoms with van der Waals surface area (Å²) in [7, 11) is 0. The molecule has 3 aromatic carbocycles. The second kappa shape index (κ2) is 6.74. The summed E-state index contributed by atoms with van der Waals surface area (Å²) in [5.74, 6) is 0.747. The van der Waals surface area contributed by atoms with Crippen molar-refractivity contribution in [3.63, 3.8) is 0 Å². The number of nitrogens with zero attached hydrogens (tertiary/aromatic N) is 3. The Hall–Kier alpha value is -3.67. The van der Waals surface area contributed by atoms with E-state index in [1.54, 1.807) is 18.2 Å². The molecule has 2 atom stereocenters. The molecule has 0 saturated heterocycles. The molecule has 2 aliphatic rings. The third-order valence-electron chi connectivity index (χ3n) is 5.48. The van der Waals surface area contributed by atoms with Gasteiger partial charge in [0.25, 0.3) is 5.69 Å². The highest BCUT2D eigenvalue weighted by Gasteiger charge is 2.42. The third kappa shape index (κ3) is 2.93. The number of rotatable bonds is 3. The fourth-order valence-electron chi connectivity index (χ4n) is 4.02. The zero-order valence-corrected chi connectivity index (χ0v) is 15.9. The molecule has 0 aliphatic carbocycles. The minimum atomic E-state index is -0.653. The van der Waals surface area contributed by atoms with Gasteiger partial charge in [-0.3, -0.25) is 10.1 Å². The van der Waals surface area contributed by atoms with Gasteiger partial charge in [0.2, 0.25) is 6.23 Å². The zero-order valence-electron chi connectivity index (χ0n) is 15.9. The summed E-state index contributed by atoms with van der Waals surface area (Å²) in [4.78, 5) is 11.2. The first-order valence-electron chi connectivity index (χ1n) is 9.53. The molecule has 6 nitrogen and oxygen atoms in total. The summed E-state index contributed by atoms with van der Waals surface area (Å²) in [6.07, 6.45) is 0.0695. The Morgan fingerprint density at radius 2 is 1.69 bits per heavy atom. The maximum absolute atomic E-state index is 11.6. The lowest BCUT2D eigenvalue weighted by atomic mass is 9.95. The molecule has 0 radical (unpaired) electrons. The van der Waals surface area contributed by atoms with Crippen molar-refractivity contribution in [2.24, 2.45) is 5.10 Å². The molecule has 0 spiro atoms. The minimum absolute atomic E-state index is 0.0268. The topological polar surface area (TPSA) is 68.0 Å². The number of para-hydroxylation sites is 2. The number of nitro groups is 1. The number of fused-ring (bicyclic) bond motifs is 3. The molecule has 6 heteroatoms. The van der Waals surface area contributed by atoms with E-state index in [1.807, 2.05) is 29.3 Å². The molecular weight excluding hydrogens is 366 g/mol. The highest BCUT2D eigenvalue weighted by Crippen LogP contribution is 2.48. The van der Waals surface area contributed by atoms with Crippen LogP contribution in [0.15, 0.2) is 77.9 Å². The first-order chi connectivity index (χ1) is 14.1. The summed E-state index contributed by atoms with van der Waals surface area (Å²) < 4.78 is 6.24. The Labute approximate surface area is 168 Å². The van der Waals surface area contributed by atoms with Crippen LogP contribution in [0.1, 0.15) is 40.9 Å². The Balaban J connectivity index is 1.63. The lowest BCUT2D eigenvalue weighted by molar-refractivity contribution is -0.386. The largest absolute Gasteiger partial charge is 0.464 e. The average molecular weight is 385 g/mol. The normalized spacial score (nSPS) is 19.8. The molecule has 0 unspecified atom stereocenters. The maximum atomic E-state index is 11.6. The van der Waals surface area contributed by atoms with Gasteiger partial charge in [0, 0.05) is 18.1 Å². The predicted molar refractivity (Wildman–Crippen MR) is 110 cm³/mol. The molecule has 2 heterocycles. The molecule has 0 amide bonds. The van der Waals surface area contributed by atoms with E-state index >= 15 is 0 Å². The van der Waals surface area contributed by atoms with E-state index in [2.05, 4.69) is 31.2 Å². The molecule has 5 rings (SSSR count). The highest BCUT2D eigenvalue weighted by molar-refractivity contribution is 6.02. The van der Waals surface area contributed by atoms with Crippen molar-refractivity contribution < 1.29 is 9.66 Å². The fraction of sp³-hybridized carbons (Fsp3) is 0.174. The van der Waals surface area contributed by atoms with Gasteiger partial charge >= 0.3 is 0 Å². The Morgan fingerprint density at radius 3 is 2.45 bits per heavy atom. The van der Waals surface area contributed by atoms with Gasteiger partial charge in [0.15, 0.2) is 0 Å². The molecule has 0 N–H and O–H groups in total. The summed E-state index contributed by atoms with van der Waals surface area (Å²) in [6, 6.07) is 22.8. The van der Waals surface area contributed by atoms with Crippen LogP contribution >= 0.6 is 0 Å². The number of hydrogen-bond donors (Lipinski definition) is 0. The van der Waals surface area contributed by atoms with Crippen LogP contribution in [0.3, 0.4) is 0 Å². The van der Waals surface area contributed by atoms with Crippen LogP contribution < -0.4 is 4.74 Å². The van der Waals surface area contributed by atoms with E-state index < -0.39 is 6.23 Å². The van der Waals surface area contributed by atoms with Gasteiger partial charge in [-0.15, -0.1) is 0 Å². The van der Waals surface area contributed by atoms with Crippen molar-refractivity contribution in [1.82, 2.24) is 5.01 Å².